The van der Waals surface area contributed by atoms with Crippen molar-refractivity contribution in [3.63, 3.8) is 0 Å². The molecular weight excluding hydrogens is 148 g/mol. The van der Waals surface area contributed by atoms with Gasteiger partial charge in [-0.2, -0.15) is 0 Å². The largest absolute Gasteiger partial charge is 0.508 e. The highest BCUT2D eigenvalue weighted by molar-refractivity contribution is 6.17. The molecule has 2 heteroatoms. The smallest absolute Gasteiger partial charge is 0.120 e. The van der Waals surface area contributed by atoms with Crippen LogP contribution in [0.3, 0.4) is 0 Å². The van der Waals surface area contributed by atoms with Crippen LogP contribution in [0.25, 0.3) is 0 Å². The minimum Gasteiger partial charge on any atom is -0.508 e. The summed E-state index contributed by atoms with van der Waals surface area (Å²) in [5.41, 5.74) is 1.83. The Morgan fingerprint density at radius 2 is 2.20 bits per heavy atom. The predicted molar refractivity (Wildman–Crippen MR) is 42.4 cm³/mol. The summed E-state index contributed by atoms with van der Waals surface area (Å²) in [5, 5.41) is 9.21. The maximum atomic E-state index is 9.21. The molecular formula is C8H9ClO. The van der Waals surface area contributed by atoms with E-state index in [-0.39, 0.29) is 5.75 Å². The number of hydrogen-bond donors (Lipinski definition) is 1. The fourth-order valence-corrected chi connectivity index (χ4v) is 1.01. The Morgan fingerprint density at radius 3 is 2.70 bits per heavy atom. The van der Waals surface area contributed by atoms with Crippen LogP contribution in [0.4, 0.5) is 0 Å². The molecule has 54 valence electrons. The molecule has 0 saturated heterocycles. The third-order valence-corrected chi connectivity index (χ3v) is 1.67. The molecule has 0 aliphatic rings. The highest BCUT2D eigenvalue weighted by Crippen LogP contribution is 2.19. The molecule has 0 saturated carbocycles. The first kappa shape index (κ1) is 7.42. The number of aromatic hydroxyl groups is 1. The lowest BCUT2D eigenvalue weighted by Crippen LogP contribution is -1.79. The first-order valence-electron chi connectivity index (χ1n) is 3.08. The molecule has 0 atom stereocenters. The Morgan fingerprint density at radius 1 is 1.50 bits per heavy atom. The number of phenolic OH excluding ortho intramolecular Hbond substituents is 1. The average Bonchev–Trinajstić information content (AvgIpc) is 1.88. The van der Waals surface area contributed by atoms with Crippen LogP contribution in [0.5, 0.6) is 5.75 Å². The van der Waals surface area contributed by atoms with E-state index in [0.29, 0.717) is 5.88 Å². The zero-order valence-corrected chi connectivity index (χ0v) is 6.52. The van der Waals surface area contributed by atoms with Crippen molar-refractivity contribution < 1.29 is 5.11 Å². The highest BCUT2D eigenvalue weighted by atomic mass is 35.5. The van der Waals surface area contributed by atoms with E-state index in [0.717, 1.165) is 11.1 Å². The number of alkyl halides is 1. The SMILES string of the molecule is Cc1ccc(CCl)c(O)c1. The lowest BCUT2D eigenvalue weighted by atomic mass is 10.1. The zero-order chi connectivity index (χ0) is 7.56. The molecule has 0 unspecified atom stereocenters. The van der Waals surface area contributed by atoms with Crippen LogP contribution in [0.15, 0.2) is 18.2 Å². The fraction of sp³-hybridized carbons (Fsp3) is 0.250. The van der Waals surface area contributed by atoms with Crippen LogP contribution >= 0.6 is 11.6 Å². The molecule has 0 aliphatic carbocycles. The van der Waals surface area contributed by atoms with E-state index in [1.165, 1.54) is 0 Å². The number of hydrogen-bond acceptors (Lipinski definition) is 1. The summed E-state index contributed by atoms with van der Waals surface area (Å²) in [5.74, 6) is 0.654. The van der Waals surface area contributed by atoms with Gasteiger partial charge in [0, 0.05) is 5.56 Å². The summed E-state index contributed by atoms with van der Waals surface area (Å²) in [4.78, 5) is 0. The number of rotatable bonds is 1. The van der Waals surface area contributed by atoms with Crippen LogP contribution in [0, 0.1) is 6.92 Å². The van der Waals surface area contributed by atoms with Gasteiger partial charge >= 0.3 is 0 Å². The monoisotopic (exact) mass is 156 g/mol. The number of phenols is 1. The second kappa shape index (κ2) is 2.93. The van der Waals surface area contributed by atoms with Gasteiger partial charge in [0.2, 0.25) is 0 Å². The first-order valence-corrected chi connectivity index (χ1v) is 3.62. The van der Waals surface area contributed by atoms with Crippen LogP contribution in [0.1, 0.15) is 11.1 Å². The molecule has 0 aromatic heterocycles. The van der Waals surface area contributed by atoms with Gasteiger partial charge in [-0.1, -0.05) is 12.1 Å². The molecule has 0 fully saturated rings. The molecule has 1 N–H and O–H groups in total. The zero-order valence-electron chi connectivity index (χ0n) is 5.76. The van der Waals surface area contributed by atoms with Gasteiger partial charge in [-0.05, 0) is 18.6 Å². The summed E-state index contributed by atoms with van der Waals surface area (Å²) >= 11 is 5.52. The fourth-order valence-electron chi connectivity index (χ4n) is 0.787. The predicted octanol–water partition coefficient (Wildman–Crippen LogP) is 2.44. The van der Waals surface area contributed by atoms with Crippen LogP contribution < -0.4 is 0 Å². The van der Waals surface area contributed by atoms with Gasteiger partial charge in [-0.3, -0.25) is 0 Å². The van der Waals surface area contributed by atoms with Gasteiger partial charge in [0.1, 0.15) is 5.75 Å². The van der Waals surface area contributed by atoms with Gasteiger partial charge in [0.15, 0.2) is 0 Å². The van der Waals surface area contributed by atoms with Crippen molar-refractivity contribution in [3.05, 3.63) is 29.3 Å². The maximum absolute atomic E-state index is 9.21. The van der Waals surface area contributed by atoms with Gasteiger partial charge in [-0.25, -0.2) is 0 Å². The standard InChI is InChI=1S/C8H9ClO/c1-6-2-3-7(5-9)8(10)4-6/h2-4,10H,5H2,1H3. The van der Waals surface area contributed by atoms with Crippen LogP contribution in [-0.4, -0.2) is 5.11 Å². The second-order valence-corrected chi connectivity index (χ2v) is 2.53. The number of benzene rings is 1. The van der Waals surface area contributed by atoms with E-state index in [9.17, 15) is 5.11 Å². The van der Waals surface area contributed by atoms with Crippen molar-refractivity contribution in [2.45, 2.75) is 12.8 Å². The van der Waals surface area contributed by atoms with E-state index in [2.05, 4.69) is 0 Å². The Labute approximate surface area is 65.3 Å². The molecule has 1 aromatic carbocycles. The summed E-state index contributed by atoms with van der Waals surface area (Å²) in [6.07, 6.45) is 0. The van der Waals surface area contributed by atoms with Crippen molar-refractivity contribution >= 4 is 11.6 Å². The molecule has 10 heavy (non-hydrogen) atoms. The van der Waals surface area contributed by atoms with Crippen molar-refractivity contribution in [1.29, 1.82) is 0 Å². The van der Waals surface area contributed by atoms with E-state index >= 15 is 0 Å². The van der Waals surface area contributed by atoms with E-state index < -0.39 is 0 Å². The van der Waals surface area contributed by atoms with Gasteiger partial charge in [-0.15, -0.1) is 11.6 Å². The molecule has 1 rings (SSSR count). The third kappa shape index (κ3) is 1.42. The molecule has 1 aromatic rings. The molecule has 0 heterocycles. The van der Waals surface area contributed by atoms with E-state index in [1.54, 1.807) is 6.07 Å². The Balaban J connectivity index is 3.07. The second-order valence-electron chi connectivity index (χ2n) is 2.27. The van der Waals surface area contributed by atoms with Crippen LogP contribution in [-0.2, 0) is 5.88 Å². The summed E-state index contributed by atoms with van der Waals surface area (Å²) in [6.45, 7) is 1.93. The summed E-state index contributed by atoms with van der Waals surface area (Å²) < 4.78 is 0. The molecule has 0 spiro atoms. The average molecular weight is 157 g/mol. The minimum atomic E-state index is 0.287. The van der Waals surface area contributed by atoms with Crippen molar-refractivity contribution in [2.75, 3.05) is 0 Å². The number of halogens is 1. The summed E-state index contributed by atoms with van der Waals surface area (Å²) in [6, 6.07) is 5.47. The van der Waals surface area contributed by atoms with E-state index in [1.807, 2.05) is 19.1 Å². The number of aryl methyl sites for hydroxylation is 1. The lowest BCUT2D eigenvalue weighted by molar-refractivity contribution is 0.470. The van der Waals surface area contributed by atoms with Crippen LogP contribution in [0.2, 0.25) is 0 Å². The normalized spacial score (nSPS) is 9.80. The Hall–Kier alpha value is -0.690. The van der Waals surface area contributed by atoms with Gasteiger partial charge in [0.05, 0.1) is 5.88 Å². The molecule has 0 bridgehead atoms. The topological polar surface area (TPSA) is 20.2 Å². The van der Waals surface area contributed by atoms with Gasteiger partial charge in [0.25, 0.3) is 0 Å². The maximum Gasteiger partial charge on any atom is 0.120 e. The molecule has 0 radical (unpaired) electrons. The molecule has 1 nitrogen and oxygen atoms in total. The van der Waals surface area contributed by atoms with E-state index in [4.69, 9.17) is 11.6 Å². The third-order valence-electron chi connectivity index (χ3n) is 1.38. The first-order chi connectivity index (χ1) is 4.74. The quantitative estimate of drug-likeness (QED) is 0.620. The van der Waals surface area contributed by atoms with Crippen molar-refractivity contribution in [1.82, 2.24) is 0 Å². The molecule has 0 amide bonds. The highest BCUT2D eigenvalue weighted by Gasteiger charge is 1.97. The van der Waals surface area contributed by atoms with Crippen molar-refractivity contribution in [3.8, 4) is 5.75 Å². The Bertz CT molecular complexity index is 233. The summed E-state index contributed by atoms with van der Waals surface area (Å²) in [7, 11) is 0. The minimum absolute atomic E-state index is 0.287. The Kier molecular flexibility index (Phi) is 2.17. The lowest BCUT2D eigenvalue weighted by Gasteiger charge is -1.99. The van der Waals surface area contributed by atoms with Crippen molar-refractivity contribution in [2.24, 2.45) is 0 Å². The van der Waals surface area contributed by atoms with Gasteiger partial charge < -0.3 is 5.11 Å². The molecule has 0 aliphatic heterocycles.